The van der Waals surface area contributed by atoms with Crippen molar-refractivity contribution in [3.05, 3.63) is 159 Å². The summed E-state index contributed by atoms with van der Waals surface area (Å²) < 4.78 is 66.8. The molecule has 0 spiro atoms. The number of pyridine rings is 2. The predicted molar refractivity (Wildman–Crippen MR) is 212 cm³/mol. The molecule has 59 heavy (non-hydrogen) atoms. The van der Waals surface area contributed by atoms with E-state index in [4.69, 9.17) is 9.68 Å². The van der Waals surface area contributed by atoms with E-state index in [0.717, 1.165) is 45.5 Å². The molecule has 1 N–H and O–H groups in total. The van der Waals surface area contributed by atoms with Gasteiger partial charge in [-0.15, -0.1) is 9.46 Å². The summed E-state index contributed by atoms with van der Waals surface area (Å²) in [7, 11) is -5.99. The molecule has 1 aliphatic rings. The quantitative estimate of drug-likeness (QED) is 0.129. The highest BCUT2D eigenvalue weighted by Gasteiger charge is 2.49. The van der Waals surface area contributed by atoms with Crippen LogP contribution in [0.3, 0.4) is 0 Å². The largest absolute Gasteiger partial charge is 0.534 e. The number of rotatable bonds is 11. The third kappa shape index (κ3) is 8.89. The summed E-state index contributed by atoms with van der Waals surface area (Å²) in [6.07, 6.45) is 3.30. The van der Waals surface area contributed by atoms with Gasteiger partial charge in [0.2, 0.25) is 0 Å². The van der Waals surface area contributed by atoms with E-state index >= 15 is 0 Å². The number of hydrogen-bond donors (Lipinski definition) is 1. The Balaban J connectivity index is 0.000000180. The van der Waals surface area contributed by atoms with Crippen molar-refractivity contribution < 1.29 is 35.4 Å². The van der Waals surface area contributed by atoms with E-state index in [1.165, 1.54) is 29.6 Å². The molecule has 4 aromatic heterocycles. The number of aliphatic imine (C=N–C) groups is 1. The monoisotopic (exact) mass is 826 g/mol. The second-order valence-electron chi connectivity index (χ2n) is 13.0. The lowest BCUT2D eigenvalue weighted by Crippen LogP contribution is -2.31. The molecule has 0 aliphatic carbocycles. The van der Waals surface area contributed by atoms with E-state index in [0.29, 0.717) is 29.5 Å². The maximum Gasteiger partial charge on any atom is 0.534 e. The highest BCUT2D eigenvalue weighted by atomic mass is 32.2. The van der Waals surface area contributed by atoms with E-state index in [2.05, 4.69) is 40.5 Å². The van der Waals surface area contributed by atoms with Crippen LogP contribution in [0.25, 0.3) is 22.1 Å². The molecule has 5 heterocycles. The third-order valence-electron chi connectivity index (χ3n) is 8.89. The summed E-state index contributed by atoms with van der Waals surface area (Å²) in [5.41, 5.74) is -0.251. The Morgan fingerprint density at radius 2 is 1.24 bits per heavy atom. The van der Waals surface area contributed by atoms with Gasteiger partial charge < -0.3 is 19.2 Å². The molecule has 0 atom stereocenters. The molecule has 7 aromatic rings. The molecule has 0 saturated carbocycles. The SMILES string of the molecule is Cc1ncnc2c1c(NCC1=Nc3ccccc3C1)cc(=O)n2OCc1ccccc1.Cc1ncnc2c1c(OS(=O)(=O)C(F)(F)F)cc(=O)n2OCc1ccccc1. The molecule has 8 rings (SSSR count). The molecular formula is C40H33F3N8O7S. The van der Waals surface area contributed by atoms with Gasteiger partial charge in [-0.2, -0.15) is 21.6 Å². The van der Waals surface area contributed by atoms with Crippen molar-refractivity contribution in [3.63, 3.8) is 0 Å². The molecule has 0 saturated heterocycles. The van der Waals surface area contributed by atoms with Gasteiger partial charge >= 0.3 is 15.6 Å². The van der Waals surface area contributed by atoms with Crippen molar-refractivity contribution in [1.82, 2.24) is 29.4 Å². The number of alkyl halides is 3. The van der Waals surface area contributed by atoms with Gasteiger partial charge in [0, 0.05) is 18.2 Å². The maximum atomic E-state index is 12.9. The normalized spacial score (nSPS) is 12.3. The van der Waals surface area contributed by atoms with Gasteiger partial charge in [0.15, 0.2) is 17.0 Å². The van der Waals surface area contributed by atoms with Crippen LogP contribution in [0.1, 0.15) is 28.1 Å². The van der Waals surface area contributed by atoms with Gasteiger partial charge in [-0.05, 0) is 36.6 Å². The molecule has 3 aromatic carbocycles. The van der Waals surface area contributed by atoms with Crippen LogP contribution in [0, 0.1) is 13.8 Å². The molecule has 19 heteroatoms. The Hall–Kier alpha value is -7.15. The summed E-state index contributed by atoms with van der Waals surface area (Å²) in [5.74, 6) is -0.838. The average molecular weight is 827 g/mol. The Bertz CT molecular complexity index is 2930. The Morgan fingerprint density at radius 1 is 0.712 bits per heavy atom. The number of halogens is 3. The van der Waals surface area contributed by atoms with Gasteiger partial charge in [-0.25, -0.2) is 19.9 Å². The van der Waals surface area contributed by atoms with Crippen molar-refractivity contribution in [2.75, 3.05) is 11.9 Å². The molecule has 0 radical (unpaired) electrons. The lowest BCUT2D eigenvalue weighted by atomic mass is 10.1. The van der Waals surface area contributed by atoms with Gasteiger partial charge in [0.25, 0.3) is 11.1 Å². The second-order valence-corrected chi connectivity index (χ2v) is 14.5. The number of aryl methyl sites for hydroxylation is 2. The molecule has 1 aliphatic heterocycles. The molecule has 302 valence electrons. The van der Waals surface area contributed by atoms with E-state index in [-0.39, 0.29) is 35.5 Å². The third-order valence-corrected chi connectivity index (χ3v) is 9.86. The van der Waals surface area contributed by atoms with Gasteiger partial charge in [-0.1, -0.05) is 78.9 Å². The van der Waals surface area contributed by atoms with Crippen molar-refractivity contribution in [2.24, 2.45) is 4.99 Å². The number of hydrogen-bond acceptors (Lipinski definition) is 13. The minimum atomic E-state index is -5.99. The highest BCUT2D eigenvalue weighted by molar-refractivity contribution is 7.88. The molecule has 0 bridgehead atoms. The zero-order valence-electron chi connectivity index (χ0n) is 31.3. The topological polar surface area (TPSA) is 182 Å². The Morgan fingerprint density at radius 3 is 1.81 bits per heavy atom. The number of aromatic nitrogens is 6. The fourth-order valence-corrected chi connectivity index (χ4v) is 6.55. The van der Waals surface area contributed by atoms with Crippen LogP contribution in [-0.4, -0.2) is 55.6 Å². The standard InChI is InChI=1S/C24H21N5O2.C16H12F3N3O5S/c1-16-23-21(25-13-19-11-18-9-5-6-10-20(18)28-19)12-22(30)29(24(23)27-15-26-16)31-14-17-7-3-2-4-8-17;1-10-14-12(27-28(24,25)16(17,18)19)7-13(23)22(15(14)21-9-20-10)26-8-11-5-3-2-4-6-11/h2-10,12,15,25H,11,13-14H2,1H3;2-7,9H,8H2,1H3. The molecular weight excluding hydrogens is 794 g/mol. The van der Waals surface area contributed by atoms with Gasteiger partial charge in [-0.3, -0.25) is 14.6 Å². The van der Waals surface area contributed by atoms with E-state index in [9.17, 15) is 31.2 Å². The Labute approximate surface area is 333 Å². The number of benzene rings is 3. The minimum Gasteiger partial charge on any atom is -0.404 e. The number of para-hydroxylation sites is 1. The second kappa shape index (κ2) is 16.8. The number of nitrogens with one attached hydrogen (secondary N) is 1. The van der Waals surface area contributed by atoms with Crippen molar-refractivity contribution in [1.29, 1.82) is 0 Å². The first-order chi connectivity index (χ1) is 28.3. The number of fused-ring (bicyclic) bond motifs is 3. The first-order valence-electron chi connectivity index (χ1n) is 17.8. The summed E-state index contributed by atoms with van der Waals surface area (Å²) in [6, 6.07) is 28.7. The van der Waals surface area contributed by atoms with E-state index in [1.807, 2.05) is 55.5 Å². The zero-order chi connectivity index (χ0) is 41.7. The summed E-state index contributed by atoms with van der Waals surface area (Å²) >= 11 is 0. The predicted octanol–water partition coefficient (Wildman–Crippen LogP) is 5.43. The summed E-state index contributed by atoms with van der Waals surface area (Å²) in [5, 5.41) is 3.92. The minimum absolute atomic E-state index is 0.0417. The van der Waals surface area contributed by atoms with Gasteiger partial charge in [0.05, 0.1) is 46.1 Å². The van der Waals surface area contributed by atoms with Crippen molar-refractivity contribution >= 4 is 49.3 Å². The summed E-state index contributed by atoms with van der Waals surface area (Å²) in [6.45, 7) is 4.04. The van der Waals surface area contributed by atoms with Crippen LogP contribution < -0.4 is 30.3 Å². The first kappa shape index (κ1) is 40.1. The summed E-state index contributed by atoms with van der Waals surface area (Å²) in [4.78, 5) is 57.5. The van der Waals surface area contributed by atoms with Crippen LogP contribution in [-0.2, 0) is 29.8 Å². The molecule has 15 nitrogen and oxygen atoms in total. The molecule has 0 unspecified atom stereocenters. The fourth-order valence-electron chi connectivity index (χ4n) is 6.09. The van der Waals surface area contributed by atoms with Crippen molar-refractivity contribution in [3.8, 4) is 5.75 Å². The lowest BCUT2D eigenvalue weighted by Gasteiger charge is -2.15. The van der Waals surface area contributed by atoms with Crippen LogP contribution in [0.5, 0.6) is 5.75 Å². The van der Waals surface area contributed by atoms with E-state index in [1.54, 1.807) is 30.3 Å². The Kier molecular flexibility index (Phi) is 11.4. The first-order valence-corrected chi connectivity index (χ1v) is 19.2. The average Bonchev–Trinajstić information content (AvgIpc) is 3.63. The maximum absolute atomic E-state index is 12.9. The highest BCUT2D eigenvalue weighted by Crippen LogP contribution is 2.31. The van der Waals surface area contributed by atoms with E-state index < -0.39 is 26.9 Å². The number of nitrogens with zero attached hydrogens (tertiary/aromatic N) is 7. The fraction of sp³-hybridized carbons (Fsp3) is 0.175. The van der Waals surface area contributed by atoms with Gasteiger partial charge in [0.1, 0.15) is 25.9 Å². The lowest BCUT2D eigenvalue weighted by molar-refractivity contribution is -0.0499. The van der Waals surface area contributed by atoms with Crippen LogP contribution in [0.4, 0.5) is 24.5 Å². The zero-order valence-corrected chi connectivity index (χ0v) is 32.1. The van der Waals surface area contributed by atoms with Crippen LogP contribution in [0.15, 0.2) is 124 Å². The molecule has 0 fully saturated rings. The van der Waals surface area contributed by atoms with Crippen molar-refractivity contribution in [2.45, 2.75) is 39.0 Å². The molecule has 0 amide bonds. The number of anilines is 1. The van der Waals surface area contributed by atoms with Crippen LogP contribution >= 0.6 is 0 Å². The smallest absolute Gasteiger partial charge is 0.404 e. The van der Waals surface area contributed by atoms with Crippen LogP contribution in [0.2, 0.25) is 0 Å².